The van der Waals surface area contributed by atoms with E-state index in [1.54, 1.807) is 0 Å². The average molecular weight is 251 g/mol. The van der Waals surface area contributed by atoms with Crippen molar-refractivity contribution in [1.29, 1.82) is 0 Å². The summed E-state index contributed by atoms with van der Waals surface area (Å²) in [4.78, 5) is 15.8. The Hall–Kier alpha value is -2.39. The minimum absolute atomic E-state index is 0.179. The zero-order chi connectivity index (χ0) is 13.2. The van der Waals surface area contributed by atoms with Gasteiger partial charge in [0, 0.05) is 0 Å². The molecule has 0 saturated carbocycles. The number of nitrogens with two attached hydrogens (primary N) is 1. The van der Waals surface area contributed by atoms with E-state index in [-0.39, 0.29) is 6.42 Å². The Morgan fingerprint density at radius 3 is 2.00 bits per heavy atom. The van der Waals surface area contributed by atoms with Gasteiger partial charge in [0.05, 0.1) is 6.42 Å². The molecule has 0 saturated heterocycles. The molecule has 0 fully saturated rings. The molecular formula is C16H13NO2. The summed E-state index contributed by atoms with van der Waals surface area (Å²) in [7, 11) is 0. The van der Waals surface area contributed by atoms with E-state index >= 15 is 0 Å². The second-order valence-corrected chi connectivity index (χ2v) is 4.46. The Morgan fingerprint density at radius 1 is 0.947 bits per heavy atom. The van der Waals surface area contributed by atoms with Crippen LogP contribution in [0.5, 0.6) is 0 Å². The summed E-state index contributed by atoms with van der Waals surface area (Å²) < 4.78 is 0. The molecule has 0 aliphatic rings. The van der Waals surface area contributed by atoms with Crippen LogP contribution in [-0.2, 0) is 16.1 Å². The van der Waals surface area contributed by atoms with Gasteiger partial charge in [-0.2, -0.15) is 5.90 Å². The lowest BCUT2D eigenvalue weighted by atomic mass is 9.95. The van der Waals surface area contributed by atoms with Crippen LogP contribution in [0.4, 0.5) is 0 Å². The molecule has 0 bridgehead atoms. The van der Waals surface area contributed by atoms with E-state index in [2.05, 4.69) is 10.9 Å². The van der Waals surface area contributed by atoms with Crippen LogP contribution in [0.3, 0.4) is 0 Å². The topological polar surface area (TPSA) is 52.3 Å². The highest BCUT2D eigenvalue weighted by Gasteiger charge is 2.11. The van der Waals surface area contributed by atoms with Gasteiger partial charge < -0.3 is 4.84 Å². The minimum atomic E-state index is -0.429. The van der Waals surface area contributed by atoms with Gasteiger partial charge in [0.1, 0.15) is 0 Å². The summed E-state index contributed by atoms with van der Waals surface area (Å²) in [6.45, 7) is 0. The molecule has 0 aromatic heterocycles. The van der Waals surface area contributed by atoms with Crippen molar-refractivity contribution in [3.63, 3.8) is 0 Å². The zero-order valence-corrected chi connectivity index (χ0v) is 10.3. The first kappa shape index (κ1) is 11.7. The fourth-order valence-electron chi connectivity index (χ4n) is 2.48. The quantitative estimate of drug-likeness (QED) is 0.562. The first-order valence-corrected chi connectivity index (χ1v) is 6.08. The molecule has 0 spiro atoms. The number of hydrogen-bond donors (Lipinski definition) is 1. The van der Waals surface area contributed by atoms with Crippen molar-refractivity contribution in [2.45, 2.75) is 6.42 Å². The molecule has 3 nitrogen and oxygen atoms in total. The molecule has 3 heteroatoms. The Labute approximate surface area is 110 Å². The van der Waals surface area contributed by atoms with E-state index in [4.69, 9.17) is 5.90 Å². The second-order valence-electron chi connectivity index (χ2n) is 4.46. The molecule has 3 aromatic carbocycles. The van der Waals surface area contributed by atoms with Crippen molar-refractivity contribution in [2.75, 3.05) is 0 Å². The lowest BCUT2D eigenvalue weighted by Gasteiger charge is -2.10. The Balaban J connectivity index is 2.36. The largest absolute Gasteiger partial charge is 0.373 e. The van der Waals surface area contributed by atoms with Crippen LogP contribution in [0.15, 0.2) is 54.6 Å². The summed E-state index contributed by atoms with van der Waals surface area (Å²) in [5.74, 6) is 4.53. The van der Waals surface area contributed by atoms with Gasteiger partial charge in [-0.05, 0) is 33.2 Å². The number of rotatable bonds is 2. The lowest BCUT2D eigenvalue weighted by molar-refractivity contribution is -0.143. The van der Waals surface area contributed by atoms with E-state index < -0.39 is 5.97 Å². The van der Waals surface area contributed by atoms with Gasteiger partial charge >= 0.3 is 5.97 Å². The van der Waals surface area contributed by atoms with E-state index in [1.807, 2.05) is 48.5 Å². The highest BCUT2D eigenvalue weighted by Crippen LogP contribution is 2.28. The van der Waals surface area contributed by atoms with E-state index in [0.29, 0.717) is 0 Å². The number of carbonyl (C=O) groups is 1. The summed E-state index contributed by atoms with van der Waals surface area (Å²) in [6, 6.07) is 18.1. The summed E-state index contributed by atoms with van der Waals surface area (Å²) >= 11 is 0. The SMILES string of the molecule is NOC(=O)Cc1c2ccccc2cc2ccccc12. The molecular weight excluding hydrogens is 238 g/mol. The first-order chi connectivity index (χ1) is 9.29. The van der Waals surface area contributed by atoms with Gasteiger partial charge in [0.2, 0.25) is 0 Å². The predicted molar refractivity (Wildman–Crippen MR) is 75.4 cm³/mol. The number of hydrogen-bond acceptors (Lipinski definition) is 3. The van der Waals surface area contributed by atoms with Crippen LogP contribution >= 0.6 is 0 Å². The molecule has 94 valence electrons. The fraction of sp³-hybridized carbons (Fsp3) is 0.0625. The van der Waals surface area contributed by atoms with Crippen molar-refractivity contribution >= 4 is 27.5 Å². The van der Waals surface area contributed by atoms with Crippen LogP contribution in [0, 0.1) is 0 Å². The Morgan fingerprint density at radius 2 is 1.47 bits per heavy atom. The molecule has 0 aliphatic carbocycles. The highest BCUT2D eigenvalue weighted by molar-refractivity contribution is 6.04. The molecule has 2 N–H and O–H groups in total. The number of carbonyl (C=O) groups excluding carboxylic acids is 1. The summed E-state index contributed by atoms with van der Waals surface area (Å²) in [6.07, 6.45) is 0.179. The van der Waals surface area contributed by atoms with Crippen LogP contribution in [0.2, 0.25) is 0 Å². The van der Waals surface area contributed by atoms with E-state index in [0.717, 1.165) is 27.1 Å². The molecule has 0 heterocycles. The monoisotopic (exact) mass is 251 g/mol. The number of fused-ring (bicyclic) bond motifs is 2. The predicted octanol–water partition coefficient (Wildman–Crippen LogP) is 2.95. The molecule has 19 heavy (non-hydrogen) atoms. The third-order valence-corrected chi connectivity index (χ3v) is 3.34. The molecule has 0 radical (unpaired) electrons. The van der Waals surface area contributed by atoms with Gasteiger partial charge in [0.25, 0.3) is 0 Å². The normalized spacial score (nSPS) is 10.8. The summed E-state index contributed by atoms with van der Waals surface area (Å²) in [5.41, 5.74) is 0.962. The minimum Gasteiger partial charge on any atom is -0.373 e. The number of benzene rings is 3. The standard InChI is InChI=1S/C16H13NO2/c17-19-16(18)10-15-13-7-3-1-5-11(13)9-12-6-2-4-8-14(12)15/h1-9H,10,17H2. The van der Waals surface area contributed by atoms with Crippen LogP contribution in [-0.4, -0.2) is 5.97 Å². The van der Waals surface area contributed by atoms with Crippen molar-refractivity contribution in [3.8, 4) is 0 Å². The second kappa shape index (κ2) is 4.71. The molecule has 3 rings (SSSR count). The molecule has 3 aromatic rings. The smallest absolute Gasteiger partial charge is 0.328 e. The van der Waals surface area contributed by atoms with Crippen LogP contribution in [0.1, 0.15) is 5.56 Å². The zero-order valence-electron chi connectivity index (χ0n) is 10.3. The summed E-state index contributed by atoms with van der Waals surface area (Å²) in [5, 5.41) is 4.35. The van der Waals surface area contributed by atoms with Crippen LogP contribution < -0.4 is 5.90 Å². The first-order valence-electron chi connectivity index (χ1n) is 6.08. The van der Waals surface area contributed by atoms with Gasteiger partial charge in [-0.25, -0.2) is 0 Å². The lowest BCUT2D eigenvalue weighted by Crippen LogP contribution is -2.12. The third kappa shape index (κ3) is 2.04. The molecule has 0 aliphatic heterocycles. The molecule has 0 atom stereocenters. The molecule has 0 unspecified atom stereocenters. The fourth-order valence-corrected chi connectivity index (χ4v) is 2.48. The Bertz CT molecular complexity index is 711. The van der Waals surface area contributed by atoms with Crippen molar-refractivity contribution in [3.05, 3.63) is 60.2 Å². The van der Waals surface area contributed by atoms with Gasteiger partial charge in [-0.15, -0.1) is 0 Å². The Kier molecular flexibility index (Phi) is 2.89. The van der Waals surface area contributed by atoms with Crippen molar-refractivity contribution in [2.24, 2.45) is 5.90 Å². The third-order valence-electron chi connectivity index (χ3n) is 3.34. The van der Waals surface area contributed by atoms with Gasteiger partial charge in [-0.1, -0.05) is 48.5 Å². The van der Waals surface area contributed by atoms with Crippen molar-refractivity contribution in [1.82, 2.24) is 0 Å². The van der Waals surface area contributed by atoms with Crippen molar-refractivity contribution < 1.29 is 9.63 Å². The average Bonchev–Trinajstić information content (AvgIpc) is 2.46. The van der Waals surface area contributed by atoms with E-state index in [1.165, 1.54) is 0 Å². The van der Waals surface area contributed by atoms with E-state index in [9.17, 15) is 4.79 Å². The highest BCUT2D eigenvalue weighted by atomic mass is 16.7. The molecule has 0 amide bonds. The maximum atomic E-state index is 11.5. The van der Waals surface area contributed by atoms with Crippen LogP contribution in [0.25, 0.3) is 21.5 Å². The maximum Gasteiger partial charge on any atom is 0.328 e. The van der Waals surface area contributed by atoms with Gasteiger partial charge in [-0.3, -0.25) is 4.79 Å². The maximum absolute atomic E-state index is 11.5. The van der Waals surface area contributed by atoms with Gasteiger partial charge in [0.15, 0.2) is 0 Å².